The van der Waals surface area contributed by atoms with Gasteiger partial charge in [0.1, 0.15) is 5.75 Å². The molecule has 110 valence electrons. The van der Waals surface area contributed by atoms with E-state index in [2.05, 4.69) is 23.5 Å². The van der Waals surface area contributed by atoms with Crippen LogP contribution >= 0.6 is 0 Å². The lowest BCUT2D eigenvalue weighted by atomic mass is 9.75. The van der Waals surface area contributed by atoms with Crippen molar-refractivity contribution in [2.24, 2.45) is 0 Å². The van der Waals surface area contributed by atoms with Gasteiger partial charge in [0.25, 0.3) is 0 Å². The molecule has 2 aliphatic rings. The Kier molecular flexibility index (Phi) is 4.62. The van der Waals surface area contributed by atoms with Gasteiger partial charge in [0.15, 0.2) is 0 Å². The van der Waals surface area contributed by atoms with Gasteiger partial charge in [-0.15, -0.1) is 0 Å². The Bertz CT molecular complexity index is 417. The first kappa shape index (κ1) is 13.9. The molecule has 2 heteroatoms. The van der Waals surface area contributed by atoms with Crippen LogP contribution in [0.3, 0.4) is 0 Å². The summed E-state index contributed by atoms with van der Waals surface area (Å²) in [4.78, 5) is 0. The molecule has 2 aliphatic carbocycles. The first-order valence-corrected chi connectivity index (χ1v) is 8.25. The van der Waals surface area contributed by atoms with Crippen molar-refractivity contribution in [2.75, 3.05) is 7.11 Å². The summed E-state index contributed by atoms with van der Waals surface area (Å²) in [5.41, 5.74) is 1.45. The Morgan fingerprint density at radius 2 is 1.75 bits per heavy atom. The van der Waals surface area contributed by atoms with Gasteiger partial charge < -0.3 is 10.1 Å². The highest BCUT2D eigenvalue weighted by atomic mass is 16.5. The molecule has 0 aliphatic heterocycles. The van der Waals surface area contributed by atoms with E-state index in [0.29, 0.717) is 0 Å². The van der Waals surface area contributed by atoms with Gasteiger partial charge in [-0.3, -0.25) is 0 Å². The normalized spacial score (nSPS) is 27.6. The Labute approximate surface area is 122 Å². The SMILES string of the molecule is COc1cccc(C2CC(NC3CCCCCC3)C2)c1. The van der Waals surface area contributed by atoms with Crippen molar-refractivity contribution in [1.29, 1.82) is 0 Å². The Morgan fingerprint density at radius 1 is 1.00 bits per heavy atom. The molecule has 0 radical (unpaired) electrons. The molecular formula is C18H27NO. The first-order chi connectivity index (χ1) is 9.85. The van der Waals surface area contributed by atoms with Gasteiger partial charge >= 0.3 is 0 Å². The third-order valence-electron chi connectivity index (χ3n) is 5.03. The minimum Gasteiger partial charge on any atom is -0.497 e. The van der Waals surface area contributed by atoms with E-state index >= 15 is 0 Å². The number of nitrogens with one attached hydrogen (secondary N) is 1. The van der Waals surface area contributed by atoms with E-state index in [4.69, 9.17) is 4.74 Å². The molecular weight excluding hydrogens is 246 g/mol. The van der Waals surface area contributed by atoms with Gasteiger partial charge in [0.2, 0.25) is 0 Å². The second-order valence-corrected chi connectivity index (χ2v) is 6.50. The monoisotopic (exact) mass is 273 g/mol. The third kappa shape index (κ3) is 3.35. The zero-order chi connectivity index (χ0) is 13.8. The van der Waals surface area contributed by atoms with E-state index in [9.17, 15) is 0 Å². The highest BCUT2D eigenvalue weighted by molar-refractivity contribution is 5.32. The lowest BCUT2D eigenvalue weighted by Crippen LogP contribution is -2.45. The van der Waals surface area contributed by atoms with Gasteiger partial charge in [0.05, 0.1) is 7.11 Å². The molecule has 1 N–H and O–H groups in total. The van der Waals surface area contributed by atoms with Gasteiger partial charge in [0, 0.05) is 12.1 Å². The van der Waals surface area contributed by atoms with Crippen LogP contribution < -0.4 is 10.1 Å². The summed E-state index contributed by atoms with van der Waals surface area (Å²) >= 11 is 0. The highest BCUT2D eigenvalue weighted by Gasteiger charge is 2.31. The van der Waals surface area contributed by atoms with Crippen LogP contribution in [0.25, 0.3) is 0 Å². The predicted octanol–water partition coefficient (Wildman–Crippen LogP) is 4.25. The maximum atomic E-state index is 5.32. The van der Waals surface area contributed by atoms with Crippen molar-refractivity contribution in [3.8, 4) is 5.75 Å². The van der Waals surface area contributed by atoms with Crippen LogP contribution in [0.2, 0.25) is 0 Å². The molecule has 1 aromatic carbocycles. The summed E-state index contributed by atoms with van der Waals surface area (Å²) in [6, 6.07) is 10.1. The predicted molar refractivity (Wildman–Crippen MR) is 83.4 cm³/mol. The average molecular weight is 273 g/mol. The van der Waals surface area contributed by atoms with Crippen LogP contribution in [-0.4, -0.2) is 19.2 Å². The molecule has 3 rings (SSSR count). The summed E-state index contributed by atoms with van der Waals surface area (Å²) in [6.07, 6.45) is 11.1. The minimum absolute atomic E-state index is 0.730. The van der Waals surface area contributed by atoms with Crippen LogP contribution in [0.4, 0.5) is 0 Å². The zero-order valence-corrected chi connectivity index (χ0v) is 12.6. The van der Waals surface area contributed by atoms with Crippen molar-refractivity contribution in [2.45, 2.75) is 69.4 Å². The Hall–Kier alpha value is -1.02. The van der Waals surface area contributed by atoms with Gasteiger partial charge in [-0.2, -0.15) is 0 Å². The first-order valence-electron chi connectivity index (χ1n) is 8.25. The number of rotatable bonds is 4. The molecule has 2 fully saturated rings. The van der Waals surface area contributed by atoms with Crippen LogP contribution in [0, 0.1) is 0 Å². The summed E-state index contributed by atoms with van der Waals surface area (Å²) in [5, 5.41) is 3.89. The van der Waals surface area contributed by atoms with Crippen molar-refractivity contribution in [3.05, 3.63) is 29.8 Å². The molecule has 0 heterocycles. The molecule has 0 bridgehead atoms. The molecule has 0 atom stereocenters. The largest absolute Gasteiger partial charge is 0.497 e. The number of benzene rings is 1. The van der Waals surface area contributed by atoms with Gasteiger partial charge in [-0.05, 0) is 49.3 Å². The molecule has 2 nitrogen and oxygen atoms in total. The zero-order valence-electron chi connectivity index (χ0n) is 12.6. The number of ether oxygens (including phenoxy) is 1. The quantitative estimate of drug-likeness (QED) is 0.828. The smallest absolute Gasteiger partial charge is 0.119 e. The molecule has 1 aromatic rings. The number of hydrogen-bond acceptors (Lipinski definition) is 2. The molecule has 0 aromatic heterocycles. The van der Waals surface area contributed by atoms with Crippen molar-refractivity contribution >= 4 is 0 Å². The van der Waals surface area contributed by atoms with E-state index in [1.54, 1.807) is 7.11 Å². The molecule has 0 amide bonds. The molecule has 0 spiro atoms. The maximum Gasteiger partial charge on any atom is 0.119 e. The Balaban J connectivity index is 1.48. The number of hydrogen-bond donors (Lipinski definition) is 1. The van der Waals surface area contributed by atoms with E-state index in [-0.39, 0.29) is 0 Å². The highest BCUT2D eigenvalue weighted by Crippen LogP contribution is 2.38. The summed E-state index contributed by atoms with van der Waals surface area (Å²) in [5.74, 6) is 1.72. The summed E-state index contributed by atoms with van der Waals surface area (Å²) in [6.45, 7) is 0. The van der Waals surface area contributed by atoms with Crippen LogP contribution in [-0.2, 0) is 0 Å². The van der Waals surface area contributed by atoms with Crippen LogP contribution in [0.5, 0.6) is 5.75 Å². The lowest BCUT2D eigenvalue weighted by molar-refractivity contribution is 0.254. The second-order valence-electron chi connectivity index (χ2n) is 6.50. The minimum atomic E-state index is 0.730. The van der Waals surface area contributed by atoms with Gasteiger partial charge in [-0.25, -0.2) is 0 Å². The molecule has 0 unspecified atom stereocenters. The van der Waals surface area contributed by atoms with Crippen LogP contribution in [0.1, 0.15) is 62.8 Å². The Morgan fingerprint density at radius 3 is 2.45 bits per heavy atom. The fraction of sp³-hybridized carbons (Fsp3) is 0.667. The topological polar surface area (TPSA) is 21.3 Å². The van der Waals surface area contributed by atoms with E-state index in [0.717, 1.165) is 23.8 Å². The maximum absolute atomic E-state index is 5.32. The van der Waals surface area contributed by atoms with E-state index in [1.807, 2.05) is 6.07 Å². The lowest BCUT2D eigenvalue weighted by Gasteiger charge is -2.39. The number of methoxy groups -OCH3 is 1. The van der Waals surface area contributed by atoms with Gasteiger partial charge in [-0.1, -0.05) is 37.8 Å². The van der Waals surface area contributed by atoms with Crippen molar-refractivity contribution in [1.82, 2.24) is 5.32 Å². The third-order valence-corrected chi connectivity index (χ3v) is 5.03. The van der Waals surface area contributed by atoms with Crippen LogP contribution in [0.15, 0.2) is 24.3 Å². The molecule has 0 saturated heterocycles. The molecule has 20 heavy (non-hydrogen) atoms. The second kappa shape index (κ2) is 6.62. The van der Waals surface area contributed by atoms with Crippen molar-refractivity contribution < 1.29 is 4.74 Å². The summed E-state index contributed by atoms with van der Waals surface area (Å²) < 4.78 is 5.32. The van der Waals surface area contributed by atoms with E-state index in [1.165, 1.54) is 56.9 Å². The average Bonchev–Trinajstić information content (AvgIpc) is 2.71. The van der Waals surface area contributed by atoms with E-state index < -0.39 is 0 Å². The summed E-state index contributed by atoms with van der Waals surface area (Å²) in [7, 11) is 1.75. The molecule has 2 saturated carbocycles. The fourth-order valence-corrected chi connectivity index (χ4v) is 3.70. The van der Waals surface area contributed by atoms with Crippen molar-refractivity contribution in [3.63, 3.8) is 0 Å². The fourth-order valence-electron chi connectivity index (χ4n) is 3.70. The standard InChI is InChI=1S/C18H27NO/c1-20-18-10-6-7-14(13-18)15-11-17(12-15)19-16-8-4-2-3-5-9-16/h6-7,10,13,15-17,19H,2-5,8-9,11-12H2,1H3.